The van der Waals surface area contributed by atoms with Crippen molar-refractivity contribution < 1.29 is 42.0 Å². The molecule has 13 nitrogen and oxygen atoms in total. The summed E-state index contributed by atoms with van der Waals surface area (Å²) in [7, 11) is 0. The summed E-state index contributed by atoms with van der Waals surface area (Å²) in [5.74, 6) is -1.72. The Bertz CT molecular complexity index is 452. The Morgan fingerprint density at radius 1 is 1.55 bits per heavy atom. The van der Waals surface area contributed by atoms with E-state index in [1.54, 1.807) is 4.98 Å². The van der Waals surface area contributed by atoms with Crippen LogP contribution in [0.25, 0.3) is 17.2 Å². The molecule has 0 atom stereocenters. The molecule has 7 N–H and O–H groups in total. The first kappa shape index (κ1) is 28.1. The zero-order valence-electron chi connectivity index (χ0n) is 10.6. The number of hydrogen-bond donors (Lipinski definition) is 4. The van der Waals surface area contributed by atoms with Crippen molar-refractivity contribution in [2.75, 3.05) is 13.1 Å². The number of hydrogen-bond acceptors (Lipinski definition) is 8. The van der Waals surface area contributed by atoms with Crippen LogP contribution in [0.5, 0.6) is 5.88 Å². The monoisotopic (exact) mass is 506 g/mol. The van der Waals surface area contributed by atoms with Gasteiger partial charge in [0.05, 0.1) is 6.20 Å². The number of aromatic amines is 1. The summed E-state index contributed by atoms with van der Waals surface area (Å²) in [5, 5.41) is 24.8. The predicted molar refractivity (Wildman–Crippen MR) is 70.8 cm³/mol. The number of halogens is 1. The molecule has 0 aliphatic rings. The van der Waals surface area contributed by atoms with Gasteiger partial charge in [-0.1, -0.05) is 0 Å². The van der Waals surface area contributed by atoms with Gasteiger partial charge in [0.1, 0.15) is 0 Å². The van der Waals surface area contributed by atoms with Gasteiger partial charge in [0.2, 0.25) is 11.7 Å². The summed E-state index contributed by atoms with van der Waals surface area (Å²) in [5.41, 5.74) is 18.6. The molecular formula is C7H14FN7O6Pt-4. The first-order valence-electron chi connectivity index (χ1n) is 4.64. The molecule has 0 saturated carbocycles. The maximum Gasteiger partial charge on any atom is 0.347 e. The molecule has 1 aromatic rings. The number of H-pyrrole nitrogens is 1. The molecular weight excluding hydrogens is 492 g/mol. The molecule has 0 spiro atoms. The number of amides is 2. The minimum Gasteiger partial charge on any atom is -0.679 e. The Hall–Kier alpha value is -2.15. The van der Waals surface area contributed by atoms with Crippen molar-refractivity contribution in [1.82, 2.24) is 15.4 Å². The van der Waals surface area contributed by atoms with E-state index in [-0.39, 0.29) is 35.6 Å². The molecule has 0 aliphatic heterocycles. The fourth-order valence-electron chi connectivity index (χ4n) is 0.370. The fourth-order valence-corrected chi connectivity index (χ4v) is 0.370. The molecule has 0 unspecified atom stereocenters. The summed E-state index contributed by atoms with van der Waals surface area (Å²) >= 11 is 0. The normalized spacial score (nSPS) is 7.27. The molecule has 0 saturated heterocycles. The van der Waals surface area contributed by atoms with Crippen LogP contribution in [0.15, 0.2) is 16.3 Å². The predicted octanol–water partition coefficient (Wildman–Crippen LogP) is 1.34. The van der Waals surface area contributed by atoms with Crippen molar-refractivity contribution in [3.8, 4) is 5.88 Å². The number of nitrogens with zero attached hydrogens (tertiary/aromatic N) is 2. The van der Waals surface area contributed by atoms with Gasteiger partial charge in [-0.05, 0) is 0 Å². The number of nitrogens with one attached hydrogen (secondary N) is 5. The van der Waals surface area contributed by atoms with Crippen LogP contribution in [0.2, 0.25) is 0 Å². The van der Waals surface area contributed by atoms with E-state index < -0.39 is 23.4 Å². The molecule has 2 amide bonds. The second-order valence-electron chi connectivity index (χ2n) is 2.40. The molecule has 15 heteroatoms. The van der Waals surface area contributed by atoms with E-state index in [1.165, 1.54) is 0 Å². The zero-order chi connectivity index (χ0) is 17.3. The van der Waals surface area contributed by atoms with Gasteiger partial charge < -0.3 is 43.1 Å². The number of carbonyl (C=O) groups is 1. The topological polar surface area (TPSA) is 239 Å². The molecule has 1 rings (SSSR count). The number of aromatic hydroxyl groups is 1. The van der Waals surface area contributed by atoms with Crippen molar-refractivity contribution in [2.45, 2.75) is 0 Å². The van der Waals surface area contributed by atoms with Gasteiger partial charge in [-0.15, -0.1) is 5.34 Å². The second-order valence-corrected chi connectivity index (χ2v) is 2.40. The SMILES string of the molecule is O=N[O-].O=c1ncc(F)c(O)[nH]1.[HH].[NH-]C(=O)NO.[NH-]CC[NH-].[Pt]. The Morgan fingerprint density at radius 2 is 1.91 bits per heavy atom. The van der Waals surface area contributed by atoms with Crippen molar-refractivity contribution in [1.29, 1.82) is 0 Å². The molecule has 22 heavy (non-hydrogen) atoms. The van der Waals surface area contributed by atoms with Crippen molar-refractivity contribution in [2.24, 2.45) is 5.34 Å². The van der Waals surface area contributed by atoms with Gasteiger partial charge >= 0.3 is 5.69 Å². The molecule has 1 heterocycles. The Kier molecular flexibility index (Phi) is 27.0. The molecule has 1 aromatic heterocycles. The first-order valence-corrected chi connectivity index (χ1v) is 4.64. The van der Waals surface area contributed by atoms with Gasteiger partial charge in [0, 0.05) is 22.5 Å². The summed E-state index contributed by atoms with van der Waals surface area (Å²) in [4.78, 5) is 32.0. The summed E-state index contributed by atoms with van der Waals surface area (Å²) < 4.78 is 12.0. The van der Waals surface area contributed by atoms with Crippen molar-refractivity contribution in [3.05, 3.63) is 49.8 Å². The minimum absolute atomic E-state index is 0. The van der Waals surface area contributed by atoms with Crippen LogP contribution in [-0.2, 0) is 21.1 Å². The zero-order valence-corrected chi connectivity index (χ0v) is 12.9. The van der Waals surface area contributed by atoms with E-state index >= 15 is 0 Å². The van der Waals surface area contributed by atoms with Gasteiger partial charge in [0.25, 0.3) is 0 Å². The van der Waals surface area contributed by atoms with Gasteiger partial charge in [-0.25, -0.2) is 4.79 Å². The van der Waals surface area contributed by atoms with Gasteiger partial charge in [0.15, 0.2) is 6.03 Å². The molecule has 134 valence electrons. The average molecular weight is 506 g/mol. The van der Waals surface area contributed by atoms with E-state index in [9.17, 15) is 9.18 Å². The van der Waals surface area contributed by atoms with Crippen molar-refractivity contribution >= 4 is 6.03 Å². The van der Waals surface area contributed by atoms with E-state index in [0.717, 1.165) is 10.8 Å². The van der Waals surface area contributed by atoms with Crippen LogP contribution in [0.4, 0.5) is 9.18 Å². The number of hydroxylamine groups is 1. The fraction of sp³-hybridized carbons (Fsp3) is 0.286. The second kappa shape index (κ2) is 21.2. The number of carbonyl (C=O) groups excluding carboxylic acids is 1. The summed E-state index contributed by atoms with van der Waals surface area (Å²) in [6.45, 7) is 0.472. The number of rotatable bonds is 1. The van der Waals surface area contributed by atoms with E-state index in [0.29, 0.717) is 6.20 Å². The van der Waals surface area contributed by atoms with Crippen LogP contribution in [-0.4, -0.2) is 39.4 Å². The smallest absolute Gasteiger partial charge is 0.347 e. The summed E-state index contributed by atoms with van der Waals surface area (Å²) in [6.07, 6.45) is 0.647. The Balaban J connectivity index is -0.0000000674. The molecule has 0 radical (unpaired) electrons. The Labute approximate surface area is 138 Å². The average Bonchev–Trinajstić information content (AvgIpc) is 2.45. The third kappa shape index (κ3) is 26.4. The van der Waals surface area contributed by atoms with E-state index in [4.69, 9.17) is 42.4 Å². The molecule has 0 bridgehead atoms. The maximum absolute atomic E-state index is 12.0. The van der Waals surface area contributed by atoms with Crippen LogP contribution < -0.4 is 11.2 Å². The van der Waals surface area contributed by atoms with Crippen LogP contribution in [0.3, 0.4) is 0 Å². The quantitative estimate of drug-likeness (QED) is 0.247. The number of aromatic nitrogens is 2. The van der Waals surface area contributed by atoms with Crippen LogP contribution in [0.1, 0.15) is 1.43 Å². The molecule has 0 fully saturated rings. The molecule has 0 aliphatic carbocycles. The van der Waals surface area contributed by atoms with E-state index in [1.807, 2.05) is 0 Å². The van der Waals surface area contributed by atoms with E-state index in [2.05, 4.69) is 4.98 Å². The van der Waals surface area contributed by atoms with Crippen LogP contribution in [0, 0.1) is 15.9 Å². The van der Waals surface area contributed by atoms with Crippen molar-refractivity contribution in [3.63, 3.8) is 0 Å². The number of urea groups is 1. The standard InChI is InChI=1S/C4H3FN2O2.C2H6N2.CH4N2O2.HNO2.Pt.H2/c5-2-1-6-4(9)7-3(2)8;3-1-2-4;2-1(4)3-5;2-1-3;;/h1H,(H2,6,7,8,9);3-4H,1-2H2;(H4,2,3,4,5);(H,2,3);;1H/q;-2;;;;/p-2. The Morgan fingerprint density at radius 3 is 2.09 bits per heavy atom. The molecule has 0 aromatic carbocycles. The van der Waals surface area contributed by atoms with Gasteiger partial charge in [-0.2, -0.15) is 22.5 Å². The third-order valence-corrected chi connectivity index (χ3v) is 0.973. The maximum atomic E-state index is 12.0. The first-order chi connectivity index (χ1) is 9.80. The largest absolute Gasteiger partial charge is 0.679 e. The van der Waals surface area contributed by atoms with Gasteiger partial charge in [-0.3, -0.25) is 9.78 Å². The summed E-state index contributed by atoms with van der Waals surface area (Å²) in [6, 6.07) is -1.19. The minimum atomic E-state index is -1.19. The third-order valence-electron chi connectivity index (χ3n) is 0.973. The van der Waals surface area contributed by atoms with Crippen LogP contribution >= 0.6 is 0 Å².